The van der Waals surface area contributed by atoms with Gasteiger partial charge in [-0.2, -0.15) is 5.26 Å². The van der Waals surface area contributed by atoms with E-state index in [4.69, 9.17) is 10.5 Å². The topological polar surface area (TPSA) is 105 Å². The number of nitriles is 1. The van der Waals surface area contributed by atoms with Gasteiger partial charge < -0.3 is 15.8 Å². The first-order valence-corrected chi connectivity index (χ1v) is 7.91. The summed E-state index contributed by atoms with van der Waals surface area (Å²) >= 11 is 0. The van der Waals surface area contributed by atoms with Gasteiger partial charge in [-0.3, -0.25) is 9.59 Å². The fraction of sp³-hybridized carbons (Fsp3) is 0.150. The SMILES string of the molecule is Cc1cccc(NC(=O)/C(C#N)=C\c2cccc(OCC(N)=O)c2)c1C. The van der Waals surface area contributed by atoms with E-state index in [-0.39, 0.29) is 12.2 Å². The highest BCUT2D eigenvalue weighted by atomic mass is 16.5. The van der Waals surface area contributed by atoms with Gasteiger partial charge in [-0.05, 0) is 54.8 Å². The van der Waals surface area contributed by atoms with E-state index in [1.54, 1.807) is 30.3 Å². The number of aryl methyl sites for hydroxylation is 1. The van der Waals surface area contributed by atoms with E-state index in [1.807, 2.05) is 32.0 Å². The standard InChI is InChI=1S/C20H19N3O3/c1-13-5-3-8-18(14(13)2)23-20(25)16(11-21)9-15-6-4-7-17(10-15)26-12-19(22)24/h3-10H,12H2,1-2H3,(H2,22,24)(H,23,25)/b16-9-. The van der Waals surface area contributed by atoms with Gasteiger partial charge >= 0.3 is 0 Å². The van der Waals surface area contributed by atoms with Crippen LogP contribution >= 0.6 is 0 Å². The largest absolute Gasteiger partial charge is 0.484 e. The van der Waals surface area contributed by atoms with Gasteiger partial charge in [-0.15, -0.1) is 0 Å². The number of primary amides is 1. The summed E-state index contributed by atoms with van der Waals surface area (Å²) in [5, 5.41) is 12.1. The van der Waals surface area contributed by atoms with E-state index >= 15 is 0 Å². The van der Waals surface area contributed by atoms with Crippen LogP contribution in [0.1, 0.15) is 16.7 Å². The van der Waals surface area contributed by atoms with Crippen molar-refractivity contribution >= 4 is 23.6 Å². The van der Waals surface area contributed by atoms with Gasteiger partial charge in [0.15, 0.2) is 6.61 Å². The Labute approximate surface area is 151 Å². The van der Waals surface area contributed by atoms with Crippen molar-refractivity contribution < 1.29 is 14.3 Å². The van der Waals surface area contributed by atoms with Crippen molar-refractivity contribution in [3.05, 3.63) is 64.7 Å². The number of amides is 2. The predicted molar refractivity (Wildman–Crippen MR) is 99.3 cm³/mol. The average molecular weight is 349 g/mol. The van der Waals surface area contributed by atoms with E-state index in [0.717, 1.165) is 11.1 Å². The lowest BCUT2D eigenvalue weighted by Gasteiger charge is -2.10. The smallest absolute Gasteiger partial charge is 0.266 e. The Kier molecular flexibility index (Phi) is 6.12. The molecular weight excluding hydrogens is 330 g/mol. The molecule has 0 heterocycles. The number of nitrogens with one attached hydrogen (secondary N) is 1. The molecule has 132 valence electrons. The Morgan fingerprint density at radius 2 is 1.96 bits per heavy atom. The second-order valence-electron chi connectivity index (χ2n) is 5.70. The monoisotopic (exact) mass is 349 g/mol. The summed E-state index contributed by atoms with van der Waals surface area (Å²) in [7, 11) is 0. The molecule has 0 radical (unpaired) electrons. The molecule has 2 rings (SSSR count). The van der Waals surface area contributed by atoms with Crippen LogP contribution in [-0.2, 0) is 9.59 Å². The number of nitrogens with zero attached hydrogens (tertiary/aromatic N) is 1. The van der Waals surface area contributed by atoms with Crippen LogP contribution in [0.15, 0.2) is 48.0 Å². The van der Waals surface area contributed by atoms with Gasteiger partial charge in [0, 0.05) is 5.69 Å². The molecule has 0 aromatic heterocycles. The van der Waals surface area contributed by atoms with Crippen molar-refractivity contribution in [2.45, 2.75) is 13.8 Å². The first kappa shape index (κ1) is 18.7. The number of ether oxygens (including phenoxy) is 1. The Morgan fingerprint density at radius 3 is 2.65 bits per heavy atom. The fourth-order valence-corrected chi connectivity index (χ4v) is 2.24. The molecule has 2 aromatic carbocycles. The van der Waals surface area contributed by atoms with Crippen molar-refractivity contribution in [1.29, 1.82) is 5.26 Å². The first-order chi connectivity index (χ1) is 12.4. The number of hydrogen-bond donors (Lipinski definition) is 2. The van der Waals surface area contributed by atoms with Crippen molar-refractivity contribution in [3.8, 4) is 11.8 Å². The molecule has 0 bridgehead atoms. The molecule has 26 heavy (non-hydrogen) atoms. The molecule has 0 aliphatic rings. The number of carbonyl (C=O) groups is 2. The van der Waals surface area contributed by atoms with Crippen LogP contribution < -0.4 is 15.8 Å². The maximum absolute atomic E-state index is 12.4. The zero-order valence-corrected chi connectivity index (χ0v) is 14.6. The first-order valence-electron chi connectivity index (χ1n) is 7.91. The Hall–Kier alpha value is -3.59. The summed E-state index contributed by atoms with van der Waals surface area (Å²) < 4.78 is 5.22. The molecule has 0 atom stereocenters. The van der Waals surface area contributed by atoms with E-state index in [1.165, 1.54) is 6.08 Å². The van der Waals surface area contributed by atoms with Crippen LogP contribution in [0.3, 0.4) is 0 Å². The van der Waals surface area contributed by atoms with Gasteiger partial charge in [-0.25, -0.2) is 0 Å². The number of anilines is 1. The fourth-order valence-electron chi connectivity index (χ4n) is 2.24. The quantitative estimate of drug-likeness (QED) is 0.618. The molecule has 2 aromatic rings. The highest BCUT2D eigenvalue weighted by molar-refractivity contribution is 6.10. The zero-order chi connectivity index (χ0) is 19.1. The second-order valence-corrected chi connectivity index (χ2v) is 5.70. The number of rotatable bonds is 6. The lowest BCUT2D eigenvalue weighted by Crippen LogP contribution is -2.20. The van der Waals surface area contributed by atoms with Crippen LogP contribution in [0.4, 0.5) is 5.69 Å². The van der Waals surface area contributed by atoms with Gasteiger partial charge in [0.1, 0.15) is 17.4 Å². The molecule has 0 saturated carbocycles. The Balaban J connectivity index is 2.20. The molecule has 0 aliphatic heterocycles. The number of carbonyl (C=O) groups excluding carboxylic acids is 2. The molecule has 0 spiro atoms. The summed E-state index contributed by atoms with van der Waals surface area (Å²) in [6.45, 7) is 3.61. The van der Waals surface area contributed by atoms with Gasteiger partial charge in [0.2, 0.25) is 0 Å². The summed E-state index contributed by atoms with van der Waals surface area (Å²) in [5.74, 6) is -0.661. The lowest BCUT2D eigenvalue weighted by atomic mass is 10.1. The van der Waals surface area contributed by atoms with Gasteiger partial charge in [-0.1, -0.05) is 24.3 Å². The highest BCUT2D eigenvalue weighted by Crippen LogP contribution is 2.20. The summed E-state index contributed by atoms with van der Waals surface area (Å²) in [4.78, 5) is 23.2. The molecule has 0 saturated heterocycles. The van der Waals surface area contributed by atoms with Crippen molar-refractivity contribution in [3.63, 3.8) is 0 Å². The number of hydrogen-bond acceptors (Lipinski definition) is 4. The third-order valence-electron chi connectivity index (χ3n) is 3.77. The van der Waals surface area contributed by atoms with E-state index in [9.17, 15) is 14.9 Å². The van der Waals surface area contributed by atoms with Crippen LogP contribution in [0.25, 0.3) is 6.08 Å². The van der Waals surface area contributed by atoms with Crippen LogP contribution in [-0.4, -0.2) is 18.4 Å². The summed E-state index contributed by atoms with van der Waals surface area (Å²) in [6.07, 6.45) is 1.46. The Bertz CT molecular complexity index is 911. The zero-order valence-electron chi connectivity index (χ0n) is 14.6. The Morgan fingerprint density at radius 1 is 1.23 bits per heavy atom. The molecule has 6 nitrogen and oxygen atoms in total. The molecule has 0 unspecified atom stereocenters. The average Bonchev–Trinajstić information content (AvgIpc) is 2.62. The second kappa shape index (κ2) is 8.49. The van der Waals surface area contributed by atoms with Crippen molar-refractivity contribution in [1.82, 2.24) is 0 Å². The van der Waals surface area contributed by atoms with Crippen LogP contribution in [0.5, 0.6) is 5.75 Å². The third-order valence-corrected chi connectivity index (χ3v) is 3.77. The molecule has 0 fully saturated rings. The van der Waals surface area contributed by atoms with Crippen molar-refractivity contribution in [2.24, 2.45) is 5.73 Å². The van der Waals surface area contributed by atoms with Gasteiger partial charge in [0.05, 0.1) is 0 Å². The minimum atomic E-state index is -0.587. The van der Waals surface area contributed by atoms with Crippen LogP contribution in [0.2, 0.25) is 0 Å². The van der Waals surface area contributed by atoms with E-state index in [0.29, 0.717) is 17.0 Å². The lowest BCUT2D eigenvalue weighted by molar-refractivity contribution is -0.120. The molecule has 3 N–H and O–H groups in total. The summed E-state index contributed by atoms with van der Waals surface area (Å²) in [5.41, 5.74) is 8.25. The molecular formula is C20H19N3O3. The molecule has 0 aliphatic carbocycles. The minimum absolute atomic E-state index is 0.0436. The molecule has 6 heteroatoms. The number of benzene rings is 2. The highest BCUT2D eigenvalue weighted by Gasteiger charge is 2.11. The molecule has 2 amide bonds. The summed E-state index contributed by atoms with van der Waals surface area (Å²) in [6, 6.07) is 14.2. The normalized spacial score (nSPS) is 10.7. The maximum Gasteiger partial charge on any atom is 0.266 e. The number of nitrogens with two attached hydrogens (primary N) is 1. The van der Waals surface area contributed by atoms with E-state index < -0.39 is 11.8 Å². The third kappa shape index (κ3) is 4.95. The van der Waals surface area contributed by atoms with E-state index in [2.05, 4.69) is 5.32 Å². The van der Waals surface area contributed by atoms with Crippen molar-refractivity contribution in [2.75, 3.05) is 11.9 Å². The van der Waals surface area contributed by atoms with Gasteiger partial charge in [0.25, 0.3) is 11.8 Å². The maximum atomic E-state index is 12.4. The predicted octanol–water partition coefficient (Wildman–Crippen LogP) is 2.71. The minimum Gasteiger partial charge on any atom is -0.484 e. The van der Waals surface area contributed by atoms with Crippen LogP contribution in [0, 0.1) is 25.2 Å².